The lowest BCUT2D eigenvalue weighted by atomic mass is 10.1. The molecular formula is C16H28O2. The van der Waals surface area contributed by atoms with Gasteiger partial charge in [0.2, 0.25) is 0 Å². The summed E-state index contributed by atoms with van der Waals surface area (Å²) in [6.45, 7) is 2.21. The Morgan fingerprint density at radius 2 is 1.44 bits per heavy atom. The van der Waals surface area contributed by atoms with Gasteiger partial charge in [-0.3, -0.25) is 4.79 Å². The first-order valence-corrected chi connectivity index (χ1v) is 7.30. The fourth-order valence-electron chi connectivity index (χ4n) is 1.74. The Bertz CT molecular complexity index is 241. The molecule has 0 unspecified atom stereocenters. The molecule has 0 saturated carbocycles. The highest BCUT2D eigenvalue weighted by atomic mass is 16.4. The second kappa shape index (κ2) is 14.0. The number of hydrogen-bond donors (Lipinski definition) is 1. The predicted octanol–water partition coefficient (Wildman–Crippen LogP) is 5.10. The molecule has 0 amide bonds. The van der Waals surface area contributed by atoms with Crippen molar-refractivity contribution in [1.29, 1.82) is 0 Å². The lowest BCUT2D eigenvalue weighted by molar-refractivity contribution is -0.137. The van der Waals surface area contributed by atoms with Gasteiger partial charge in [0.25, 0.3) is 0 Å². The van der Waals surface area contributed by atoms with Crippen molar-refractivity contribution in [1.82, 2.24) is 0 Å². The fourth-order valence-corrected chi connectivity index (χ4v) is 1.74. The Kier molecular flexibility index (Phi) is 13.2. The molecule has 0 aromatic rings. The van der Waals surface area contributed by atoms with Crippen LogP contribution in [0.5, 0.6) is 0 Å². The third-order valence-corrected chi connectivity index (χ3v) is 2.87. The molecule has 1 N–H and O–H groups in total. The van der Waals surface area contributed by atoms with E-state index in [1.54, 1.807) is 0 Å². The molecule has 0 aliphatic carbocycles. The minimum absolute atomic E-state index is 0.322. The molecule has 0 aliphatic heterocycles. The van der Waals surface area contributed by atoms with Crippen molar-refractivity contribution in [3.8, 4) is 0 Å². The van der Waals surface area contributed by atoms with Crippen LogP contribution in [0.3, 0.4) is 0 Å². The normalized spacial score (nSPS) is 11.6. The number of unbranched alkanes of at least 4 members (excludes halogenated alkanes) is 7. The van der Waals surface area contributed by atoms with Gasteiger partial charge in [0.1, 0.15) is 0 Å². The highest BCUT2D eigenvalue weighted by Gasteiger charge is 1.95. The average molecular weight is 252 g/mol. The first-order valence-electron chi connectivity index (χ1n) is 7.30. The number of hydrogen-bond acceptors (Lipinski definition) is 1. The number of rotatable bonds is 12. The van der Waals surface area contributed by atoms with Crippen LogP contribution in [-0.2, 0) is 4.79 Å². The van der Waals surface area contributed by atoms with E-state index in [0.29, 0.717) is 6.42 Å². The third-order valence-electron chi connectivity index (χ3n) is 2.87. The van der Waals surface area contributed by atoms with Crippen LogP contribution in [0.4, 0.5) is 0 Å². The van der Waals surface area contributed by atoms with Crippen molar-refractivity contribution in [3.63, 3.8) is 0 Å². The van der Waals surface area contributed by atoms with Gasteiger partial charge >= 0.3 is 5.97 Å². The molecule has 104 valence electrons. The maximum absolute atomic E-state index is 10.3. The Hall–Kier alpha value is -1.05. The smallest absolute Gasteiger partial charge is 0.303 e. The van der Waals surface area contributed by atoms with E-state index in [0.717, 1.165) is 25.7 Å². The van der Waals surface area contributed by atoms with Crippen LogP contribution < -0.4 is 0 Å². The largest absolute Gasteiger partial charge is 0.481 e. The predicted molar refractivity (Wildman–Crippen MR) is 77.8 cm³/mol. The van der Waals surface area contributed by atoms with Gasteiger partial charge in [-0.2, -0.15) is 0 Å². The molecule has 0 spiro atoms. The summed E-state index contributed by atoms with van der Waals surface area (Å²) in [5.74, 6) is -0.673. The highest BCUT2D eigenvalue weighted by Crippen LogP contribution is 2.07. The van der Waals surface area contributed by atoms with Gasteiger partial charge in [0.15, 0.2) is 0 Å². The van der Waals surface area contributed by atoms with Crippen molar-refractivity contribution in [2.24, 2.45) is 0 Å². The Labute approximate surface area is 112 Å². The standard InChI is InChI=1S/C16H28O2/c1-2-3-4-5-6-7-8-9-10-11-12-13-14-15-16(17)18/h5-8H,2-4,9-15H2,1H3,(H,17,18). The summed E-state index contributed by atoms with van der Waals surface area (Å²) >= 11 is 0. The van der Waals surface area contributed by atoms with Crippen molar-refractivity contribution in [3.05, 3.63) is 24.3 Å². The lowest BCUT2D eigenvalue weighted by Crippen LogP contribution is -1.93. The first kappa shape index (κ1) is 16.9. The van der Waals surface area contributed by atoms with Crippen molar-refractivity contribution < 1.29 is 9.90 Å². The summed E-state index contributed by atoms with van der Waals surface area (Å²) in [6, 6.07) is 0. The summed E-state index contributed by atoms with van der Waals surface area (Å²) in [6.07, 6.45) is 19.4. The Morgan fingerprint density at radius 3 is 2.06 bits per heavy atom. The van der Waals surface area contributed by atoms with Gasteiger partial charge in [-0.25, -0.2) is 0 Å². The van der Waals surface area contributed by atoms with E-state index in [1.165, 1.54) is 32.1 Å². The summed E-state index contributed by atoms with van der Waals surface area (Å²) in [5.41, 5.74) is 0. The molecule has 0 aliphatic rings. The number of carbonyl (C=O) groups is 1. The maximum Gasteiger partial charge on any atom is 0.303 e. The Morgan fingerprint density at radius 1 is 0.889 bits per heavy atom. The van der Waals surface area contributed by atoms with Gasteiger partial charge in [-0.15, -0.1) is 0 Å². The van der Waals surface area contributed by atoms with E-state index in [4.69, 9.17) is 5.11 Å². The maximum atomic E-state index is 10.3. The summed E-state index contributed by atoms with van der Waals surface area (Å²) in [4.78, 5) is 10.3. The van der Waals surface area contributed by atoms with Crippen molar-refractivity contribution in [2.75, 3.05) is 0 Å². The van der Waals surface area contributed by atoms with E-state index in [1.807, 2.05) is 0 Å². The highest BCUT2D eigenvalue weighted by molar-refractivity contribution is 5.66. The van der Waals surface area contributed by atoms with Gasteiger partial charge < -0.3 is 5.11 Å². The molecule has 0 atom stereocenters. The molecule has 0 aromatic heterocycles. The molecule has 0 bridgehead atoms. The minimum atomic E-state index is -0.673. The molecule has 0 fully saturated rings. The molecule has 2 heteroatoms. The zero-order chi connectivity index (χ0) is 13.5. The van der Waals surface area contributed by atoms with Crippen LogP contribution in [0.25, 0.3) is 0 Å². The van der Waals surface area contributed by atoms with E-state index in [2.05, 4.69) is 31.2 Å². The zero-order valence-corrected chi connectivity index (χ0v) is 11.7. The Balaban J connectivity index is 3.17. The SMILES string of the molecule is CCCCC=CC=CCCCCCCCC(=O)O. The van der Waals surface area contributed by atoms with Gasteiger partial charge in [0, 0.05) is 6.42 Å². The average Bonchev–Trinajstić information content (AvgIpc) is 2.34. The molecular weight excluding hydrogens is 224 g/mol. The molecule has 0 radical (unpaired) electrons. The number of carboxylic acid groups (broad SMARTS) is 1. The van der Waals surface area contributed by atoms with Gasteiger partial charge in [0.05, 0.1) is 0 Å². The van der Waals surface area contributed by atoms with Gasteiger partial charge in [-0.05, 0) is 25.7 Å². The summed E-state index contributed by atoms with van der Waals surface area (Å²) in [7, 11) is 0. The van der Waals surface area contributed by atoms with Crippen LogP contribution in [0.2, 0.25) is 0 Å². The lowest BCUT2D eigenvalue weighted by Gasteiger charge is -1.97. The molecule has 18 heavy (non-hydrogen) atoms. The van der Waals surface area contributed by atoms with Crippen LogP contribution >= 0.6 is 0 Å². The summed E-state index contributed by atoms with van der Waals surface area (Å²) in [5, 5.41) is 8.48. The quantitative estimate of drug-likeness (QED) is 0.387. The van der Waals surface area contributed by atoms with Crippen molar-refractivity contribution in [2.45, 2.75) is 71.1 Å². The zero-order valence-electron chi connectivity index (χ0n) is 11.7. The molecule has 0 rings (SSSR count). The monoisotopic (exact) mass is 252 g/mol. The fraction of sp³-hybridized carbons (Fsp3) is 0.688. The van der Waals surface area contributed by atoms with Gasteiger partial charge in [-0.1, -0.05) is 63.3 Å². The second-order valence-electron chi connectivity index (χ2n) is 4.70. The molecule has 0 aromatic carbocycles. The van der Waals surface area contributed by atoms with Crippen LogP contribution in [0.15, 0.2) is 24.3 Å². The van der Waals surface area contributed by atoms with E-state index in [9.17, 15) is 4.79 Å². The van der Waals surface area contributed by atoms with E-state index < -0.39 is 5.97 Å². The van der Waals surface area contributed by atoms with Crippen LogP contribution in [-0.4, -0.2) is 11.1 Å². The second-order valence-corrected chi connectivity index (χ2v) is 4.70. The van der Waals surface area contributed by atoms with Crippen molar-refractivity contribution >= 4 is 5.97 Å². The molecule has 2 nitrogen and oxygen atoms in total. The third kappa shape index (κ3) is 14.9. The number of allylic oxidation sites excluding steroid dienone is 4. The number of aliphatic carboxylic acids is 1. The first-order chi connectivity index (χ1) is 8.77. The van der Waals surface area contributed by atoms with Crippen LogP contribution in [0.1, 0.15) is 71.1 Å². The van der Waals surface area contributed by atoms with Crippen LogP contribution in [0, 0.1) is 0 Å². The molecule has 0 saturated heterocycles. The summed E-state index contributed by atoms with van der Waals surface area (Å²) < 4.78 is 0. The van der Waals surface area contributed by atoms with E-state index in [-0.39, 0.29) is 0 Å². The minimum Gasteiger partial charge on any atom is -0.481 e. The molecule has 0 heterocycles. The topological polar surface area (TPSA) is 37.3 Å². The number of carboxylic acids is 1. The van der Waals surface area contributed by atoms with E-state index >= 15 is 0 Å².